The van der Waals surface area contributed by atoms with Crippen molar-refractivity contribution >= 4 is 35.8 Å². The average Bonchev–Trinajstić information content (AvgIpc) is 3.23. The van der Waals surface area contributed by atoms with E-state index in [1.807, 2.05) is 61.8 Å². The van der Waals surface area contributed by atoms with Crippen LogP contribution in [0.15, 0.2) is 72.0 Å². The van der Waals surface area contributed by atoms with Gasteiger partial charge >= 0.3 is 0 Å². The van der Waals surface area contributed by atoms with Gasteiger partial charge in [0.2, 0.25) is 0 Å². The Morgan fingerprint density at radius 3 is 2.41 bits per heavy atom. The number of aliphatic imine (C=N–C) groups is 1. The predicted octanol–water partition coefficient (Wildman–Crippen LogP) is 3.51. The molecule has 170 valence electrons. The van der Waals surface area contributed by atoms with Gasteiger partial charge in [0.15, 0.2) is 5.96 Å². The van der Waals surface area contributed by atoms with E-state index >= 15 is 0 Å². The minimum absolute atomic E-state index is 0. The molecule has 0 spiro atoms. The molecule has 1 heterocycles. The molecule has 0 saturated heterocycles. The molecule has 0 atom stereocenters. The lowest BCUT2D eigenvalue weighted by Crippen LogP contribution is -2.37. The van der Waals surface area contributed by atoms with Crippen LogP contribution in [0.25, 0.3) is 0 Å². The summed E-state index contributed by atoms with van der Waals surface area (Å²) in [4.78, 5) is 22.7. The summed E-state index contributed by atoms with van der Waals surface area (Å²) in [5.74, 6) is 1.67. The molecule has 7 nitrogen and oxygen atoms in total. The zero-order valence-electron chi connectivity index (χ0n) is 18.8. The van der Waals surface area contributed by atoms with Crippen molar-refractivity contribution in [3.63, 3.8) is 0 Å². The lowest BCUT2D eigenvalue weighted by molar-refractivity contribution is 0.0827. The lowest BCUT2D eigenvalue weighted by atomic mass is 10.1. The summed E-state index contributed by atoms with van der Waals surface area (Å²) in [5, 5.41) is 6.63. The van der Waals surface area contributed by atoms with Gasteiger partial charge in [-0.05, 0) is 30.2 Å². The van der Waals surface area contributed by atoms with Crippen molar-refractivity contribution in [3.8, 4) is 0 Å². The molecule has 0 fully saturated rings. The summed E-state index contributed by atoms with van der Waals surface area (Å²) >= 11 is 0. The van der Waals surface area contributed by atoms with Crippen LogP contribution in [0.5, 0.6) is 0 Å². The van der Waals surface area contributed by atoms with Crippen LogP contribution in [-0.2, 0) is 19.6 Å². The molecule has 1 aromatic heterocycles. The van der Waals surface area contributed by atoms with E-state index < -0.39 is 0 Å². The first kappa shape index (κ1) is 25.4. The number of rotatable bonds is 8. The Bertz CT molecular complexity index is 999. The van der Waals surface area contributed by atoms with Crippen molar-refractivity contribution < 1.29 is 4.79 Å². The summed E-state index contributed by atoms with van der Waals surface area (Å²) in [5.41, 5.74) is 2.95. The van der Waals surface area contributed by atoms with E-state index in [2.05, 4.69) is 37.3 Å². The van der Waals surface area contributed by atoms with Crippen LogP contribution in [-0.4, -0.2) is 47.0 Å². The van der Waals surface area contributed by atoms with Gasteiger partial charge in [-0.1, -0.05) is 42.5 Å². The summed E-state index contributed by atoms with van der Waals surface area (Å²) in [6.45, 7) is 4.67. The predicted molar refractivity (Wildman–Crippen MR) is 139 cm³/mol. The van der Waals surface area contributed by atoms with Crippen LogP contribution >= 0.6 is 24.0 Å². The minimum atomic E-state index is -0.00365. The molecule has 0 radical (unpaired) electrons. The Kier molecular flexibility index (Phi) is 10.2. The second-order valence-corrected chi connectivity index (χ2v) is 7.40. The molecule has 3 aromatic rings. The number of halogens is 1. The molecule has 0 saturated carbocycles. The average molecular weight is 546 g/mol. The summed E-state index contributed by atoms with van der Waals surface area (Å²) in [6, 6.07) is 17.9. The molecule has 2 aromatic carbocycles. The molecule has 3 rings (SSSR count). The van der Waals surface area contributed by atoms with Gasteiger partial charge in [-0.25, -0.2) is 9.98 Å². The highest BCUT2D eigenvalue weighted by Crippen LogP contribution is 2.08. The maximum absolute atomic E-state index is 12.0. The van der Waals surface area contributed by atoms with Gasteiger partial charge in [0.05, 0.1) is 13.1 Å². The van der Waals surface area contributed by atoms with Crippen LogP contribution in [0.1, 0.15) is 34.2 Å². The van der Waals surface area contributed by atoms with Gasteiger partial charge in [0.1, 0.15) is 5.82 Å². The number of amides is 1. The molecular weight excluding hydrogens is 515 g/mol. The molecule has 0 aliphatic heterocycles. The summed E-state index contributed by atoms with van der Waals surface area (Å²) in [6.07, 6.45) is 3.81. The standard InChI is InChI=1S/C24H30N6O.HI/c1-4-25-24(27-16-19-10-12-21(13-11-19)23(31)29(2)3)28-17-22-26-14-15-30(22)18-20-8-6-5-7-9-20;/h5-15H,4,16-18H2,1-3H3,(H2,25,27,28);1H. The van der Waals surface area contributed by atoms with Gasteiger partial charge in [0.25, 0.3) is 5.91 Å². The summed E-state index contributed by atoms with van der Waals surface area (Å²) < 4.78 is 2.13. The fraction of sp³-hybridized carbons (Fsp3) is 0.292. The Balaban J connectivity index is 0.00000363. The van der Waals surface area contributed by atoms with E-state index in [-0.39, 0.29) is 29.9 Å². The van der Waals surface area contributed by atoms with Crippen LogP contribution in [0.2, 0.25) is 0 Å². The quantitative estimate of drug-likeness (QED) is 0.258. The number of imidazole rings is 1. The molecule has 8 heteroatoms. The third kappa shape index (κ3) is 7.37. The highest BCUT2D eigenvalue weighted by atomic mass is 127. The Labute approximate surface area is 207 Å². The number of nitrogens with one attached hydrogen (secondary N) is 2. The number of benzene rings is 2. The van der Waals surface area contributed by atoms with Crippen molar-refractivity contribution in [3.05, 3.63) is 89.5 Å². The van der Waals surface area contributed by atoms with Crippen LogP contribution < -0.4 is 10.6 Å². The monoisotopic (exact) mass is 546 g/mol. The number of carbonyl (C=O) groups is 1. The summed E-state index contributed by atoms with van der Waals surface area (Å²) in [7, 11) is 3.50. The topological polar surface area (TPSA) is 74.6 Å². The number of carbonyl (C=O) groups excluding carboxylic acids is 1. The molecule has 0 aliphatic carbocycles. The van der Waals surface area contributed by atoms with E-state index in [4.69, 9.17) is 0 Å². The van der Waals surface area contributed by atoms with Gasteiger partial charge in [-0.3, -0.25) is 4.79 Å². The fourth-order valence-corrected chi connectivity index (χ4v) is 3.12. The molecule has 0 bridgehead atoms. The van der Waals surface area contributed by atoms with Crippen molar-refractivity contribution in [1.82, 2.24) is 25.1 Å². The first-order valence-corrected chi connectivity index (χ1v) is 10.4. The van der Waals surface area contributed by atoms with Gasteiger partial charge in [-0.15, -0.1) is 24.0 Å². The van der Waals surface area contributed by atoms with E-state index in [1.165, 1.54) is 5.56 Å². The molecule has 2 N–H and O–H groups in total. The van der Waals surface area contributed by atoms with Crippen LogP contribution in [0, 0.1) is 0 Å². The first-order chi connectivity index (χ1) is 15.1. The number of hydrogen-bond acceptors (Lipinski definition) is 3. The normalized spacial score (nSPS) is 10.9. The van der Waals surface area contributed by atoms with E-state index in [0.717, 1.165) is 30.4 Å². The van der Waals surface area contributed by atoms with Crippen molar-refractivity contribution in [2.75, 3.05) is 20.6 Å². The van der Waals surface area contributed by atoms with Crippen LogP contribution in [0.4, 0.5) is 0 Å². The zero-order valence-corrected chi connectivity index (χ0v) is 21.1. The number of nitrogens with zero attached hydrogens (tertiary/aromatic N) is 4. The fourth-order valence-electron chi connectivity index (χ4n) is 3.12. The smallest absolute Gasteiger partial charge is 0.253 e. The van der Waals surface area contributed by atoms with E-state index in [1.54, 1.807) is 19.0 Å². The van der Waals surface area contributed by atoms with E-state index in [0.29, 0.717) is 18.7 Å². The molecule has 0 unspecified atom stereocenters. The van der Waals surface area contributed by atoms with Crippen LogP contribution in [0.3, 0.4) is 0 Å². The zero-order chi connectivity index (χ0) is 22.1. The van der Waals surface area contributed by atoms with E-state index in [9.17, 15) is 4.79 Å². The van der Waals surface area contributed by atoms with Gasteiger partial charge < -0.3 is 20.1 Å². The third-order valence-electron chi connectivity index (χ3n) is 4.78. The third-order valence-corrected chi connectivity index (χ3v) is 4.78. The Hall–Kier alpha value is -2.88. The lowest BCUT2D eigenvalue weighted by Gasteiger charge is -2.13. The van der Waals surface area contributed by atoms with Crippen molar-refractivity contribution in [2.24, 2.45) is 4.99 Å². The maximum Gasteiger partial charge on any atom is 0.253 e. The molecule has 32 heavy (non-hydrogen) atoms. The molecular formula is C24H31IN6O. The number of hydrogen-bond donors (Lipinski definition) is 2. The first-order valence-electron chi connectivity index (χ1n) is 10.4. The number of guanidine groups is 1. The number of aromatic nitrogens is 2. The minimum Gasteiger partial charge on any atom is -0.357 e. The largest absolute Gasteiger partial charge is 0.357 e. The van der Waals surface area contributed by atoms with Gasteiger partial charge in [0, 0.05) is 45.1 Å². The SMILES string of the molecule is CCNC(=NCc1ccc(C(=O)N(C)C)cc1)NCc1nccn1Cc1ccccc1.I. The maximum atomic E-state index is 12.0. The highest BCUT2D eigenvalue weighted by molar-refractivity contribution is 14.0. The second-order valence-electron chi connectivity index (χ2n) is 7.40. The van der Waals surface area contributed by atoms with Gasteiger partial charge in [-0.2, -0.15) is 0 Å². The molecule has 0 aliphatic rings. The van der Waals surface area contributed by atoms with Crippen molar-refractivity contribution in [2.45, 2.75) is 26.6 Å². The second kappa shape index (κ2) is 12.8. The molecule has 1 amide bonds. The Morgan fingerprint density at radius 1 is 1.03 bits per heavy atom. The highest BCUT2D eigenvalue weighted by Gasteiger charge is 2.08. The van der Waals surface area contributed by atoms with Crippen molar-refractivity contribution in [1.29, 1.82) is 0 Å². The Morgan fingerprint density at radius 2 is 1.75 bits per heavy atom.